The van der Waals surface area contributed by atoms with Gasteiger partial charge < -0.3 is 11.5 Å². The van der Waals surface area contributed by atoms with Crippen LogP contribution in [0.2, 0.25) is 0 Å². The molecule has 0 unspecified atom stereocenters. The van der Waals surface area contributed by atoms with Gasteiger partial charge in [-0.15, -0.1) is 0 Å². The first-order valence-corrected chi connectivity index (χ1v) is 4.68. The lowest BCUT2D eigenvalue weighted by Crippen LogP contribution is -2.03. The standard InChI is InChI=1S/C8H8BrN5/c9-7-3-5(1-2-12-7)14-8(11)6(10)4-13-14/h1-4H,10-11H2. The Kier molecular flexibility index (Phi) is 2.12. The zero-order chi connectivity index (χ0) is 10.1. The largest absolute Gasteiger partial charge is 0.394 e. The van der Waals surface area contributed by atoms with Crippen molar-refractivity contribution in [1.82, 2.24) is 14.8 Å². The summed E-state index contributed by atoms with van der Waals surface area (Å²) >= 11 is 3.27. The molecule has 5 nitrogen and oxygen atoms in total. The lowest BCUT2D eigenvalue weighted by molar-refractivity contribution is 0.886. The fourth-order valence-electron chi connectivity index (χ4n) is 1.10. The van der Waals surface area contributed by atoms with E-state index in [0.29, 0.717) is 11.5 Å². The molecule has 0 saturated heterocycles. The van der Waals surface area contributed by atoms with E-state index in [0.717, 1.165) is 10.3 Å². The molecule has 4 N–H and O–H groups in total. The van der Waals surface area contributed by atoms with Crippen LogP contribution in [-0.4, -0.2) is 14.8 Å². The number of halogens is 1. The van der Waals surface area contributed by atoms with Gasteiger partial charge in [0.15, 0.2) is 0 Å². The molecule has 0 atom stereocenters. The summed E-state index contributed by atoms with van der Waals surface area (Å²) in [6.45, 7) is 0. The molecule has 0 aliphatic rings. The molecule has 72 valence electrons. The highest BCUT2D eigenvalue weighted by atomic mass is 79.9. The second kappa shape index (κ2) is 3.30. The highest BCUT2D eigenvalue weighted by Gasteiger charge is 2.05. The van der Waals surface area contributed by atoms with Crippen LogP contribution < -0.4 is 11.5 Å². The molecule has 0 fully saturated rings. The topological polar surface area (TPSA) is 82.8 Å². The molecule has 0 aromatic carbocycles. The Bertz CT molecular complexity index is 465. The first kappa shape index (κ1) is 9.01. The fraction of sp³-hybridized carbons (Fsp3) is 0. The summed E-state index contributed by atoms with van der Waals surface area (Å²) in [5, 5.41) is 4.04. The van der Waals surface area contributed by atoms with Gasteiger partial charge in [-0.05, 0) is 28.1 Å². The number of rotatable bonds is 1. The Hall–Kier alpha value is -1.56. The van der Waals surface area contributed by atoms with Gasteiger partial charge in [-0.2, -0.15) is 5.10 Å². The van der Waals surface area contributed by atoms with Crippen LogP contribution in [0.4, 0.5) is 11.5 Å². The first-order chi connectivity index (χ1) is 6.68. The van der Waals surface area contributed by atoms with Crippen molar-refractivity contribution in [2.45, 2.75) is 0 Å². The number of nitrogens with two attached hydrogens (primary N) is 2. The molecule has 2 rings (SSSR count). The normalized spacial score (nSPS) is 10.4. The van der Waals surface area contributed by atoms with Crippen LogP contribution in [0.25, 0.3) is 5.69 Å². The van der Waals surface area contributed by atoms with E-state index < -0.39 is 0 Å². The minimum atomic E-state index is 0.433. The molecule has 0 bridgehead atoms. The molecule has 0 radical (unpaired) electrons. The molecular weight excluding hydrogens is 246 g/mol. The summed E-state index contributed by atoms with van der Waals surface area (Å²) in [7, 11) is 0. The maximum Gasteiger partial charge on any atom is 0.150 e. The Balaban J connectivity index is 2.55. The van der Waals surface area contributed by atoms with Gasteiger partial charge >= 0.3 is 0 Å². The van der Waals surface area contributed by atoms with Crippen molar-refractivity contribution < 1.29 is 0 Å². The monoisotopic (exact) mass is 253 g/mol. The Morgan fingerprint density at radius 1 is 1.36 bits per heavy atom. The third-order valence-corrected chi connectivity index (χ3v) is 2.22. The van der Waals surface area contributed by atoms with Gasteiger partial charge in [-0.25, -0.2) is 9.67 Å². The third kappa shape index (κ3) is 1.44. The van der Waals surface area contributed by atoms with Crippen LogP contribution >= 0.6 is 15.9 Å². The van der Waals surface area contributed by atoms with Crippen molar-refractivity contribution in [2.24, 2.45) is 0 Å². The summed E-state index contributed by atoms with van der Waals surface area (Å²) in [5.41, 5.74) is 12.6. The number of anilines is 2. The predicted octanol–water partition coefficient (Wildman–Crippen LogP) is 1.19. The summed E-state index contributed by atoms with van der Waals surface area (Å²) in [6, 6.07) is 3.61. The van der Waals surface area contributed by atoms with Crippen LogP contribution in [0.3, 0.4) is 0 Å². The quantitative estimate of drug-likeness (QED) is 0.749. The minimum absolute atomic E-state index is 0.433. The van der Waals surface area contributed by atoms with Crippen LogP contribution in [-0.2, 0) is 0 Å². The molecule has 0 spiro atoms. The van der Waals surface area contributed by atoms with Crippen LogP contribution in [0.5, 0.6) is 0 Å². The number of nitrogen functional groups attached to an aromatic ring is 2. The molecule has 2 aromatic rings. The molecule has 0 aliphatic carbocycles. The summed E-state index contributed by atoms with van der Waals surface area (Å²) < 4.78 is 2.28. The van der Waals surface area contributed by atoms with E-state index in [1.807, 2.05) is 6.07 Å². The first-order valence-electron chi connectivity index (χ1n) is 3.89. The average Bonchev–Trinajstić information content (AvgIpc) is 2.48. The number of aromatic nitrogens is 3. The maximum absolute atomic E-state index is 5.72. The van der Waals surface area contributed by atoms with E-state index in [9.17, 15) is 0 Å². The molecule has 0 amide bonds. The summed E-state index contributed by atoms with van der Waals surface area (Å²) in [4.78, 5) is 4.01. The Morgan fingerprint density at radius 2 is 2.14 bits per heavy atom. The van der Waals surface area contributed by atoms with Crippen molar-refractivity contribution in [1.29, 1.82) is 0 Å². The fourth-order valence-corrected chi connectivity index (χ4v) is 1.45. The SMILES string of the molecule is Nc1cnn(-c2ccnc(Br)c2)c1N. The zero-order valence-electron chi connectivity index (χ0n) is 7.18. The molecule has 0 saturated carbocycles. The van der Waals surface area contributed by atoms with E-state index in [-0.39, 0.29) is 0 Å². The highest BCUT2D eigenvalue weighted by molar-refractivity contribution is 9.10. The summed E-state index contributed by atoms with van der Waals surface area (Å²) in [5.74, 6) is 0.433. The smallest absolute Gasteiger partial charge is 0.150 e. The van der Waals surface area contributed by atoms with Crippen LogP contribution in [0, 0.1) is 0 Å². The van der Waals surface area contributed by atoms with Gasteiger partial charge in [0, 0.05) is 6.20 Å². The van der Waals surface area contributed by atoms with Crippen LogP contribution in [0.1, 0.15) is 0 Å². The van der Waals surface area contributed by atoms with E-state index in [2.05, 4.69) is 26.0 Å². The van der Waals surface area contributed by atoms with E-state index in [4.69, 9.17) is 11.5 Å². The van der Waals surface area contributed by atoms with Crippen molar-refractivity contribution in [3.05, 3.63) is 29.1 Å². The molecule has 0 aliphatic heterocycles. The lowest BCUT2D eigenvalue weighted by atomic mass is 10.4. The van der Waals surface area contributed by atoms with Gasteiger partial charge in [0.25, 0.3) is 0 Å². The molecular formula is C8H8BrN5. The van der Waals surface area contributed by atoms with E-state index in [1.54, 1.807) is 16.9 Å². The third-order valence-electron chi connectivity index (χ3n) is 1.79. The van der Waals surface area contributed by atoms with Crippen molar-refractivity contribution >= 4 is 27.4 Å². The molecule has 2 aromatic heterocycles. The van der Waals surface area contributed by atoms with Gasteiger partial charge in [0.2, 0.25) is 0 Å². The predicted molar refractivity (Wildman–Crippen MR) is 57.9 cm³/mol. The van der Waals surface area contributed by atoms with Crippen LogP contribution in [0.15, 0.2) is 29.1 Å². The van der Waals surface area contributed by atoms with Crippen molar-refractivity contribution in [3.63, 3.8) is 0 Å². The Labute approximate surface area is 88.9 Å². The number of nitrogens with zero attached hydrogens (tertiary/aromatic N) is 3. The second-order valence-electron chi connectivity index (χ2n) is 2.73. The Morgan fingerprint density at radius 3 is 2.71 bits per heavy atom. The summed E-state index contributed by atoms with van der Waals surface area (Å²) in [6.07, 6.45) is 3.18. The number of hydrogen-bond acceptors (Lipinski definition) is 4. The maximum atomic E-state index is 5.72. The van der Waals surface area contributed by atoms with Gasteiger partial charge in [0.05, 0.1) is 17.6 Å². The number of pyridine rings is 1. The zero-order valence-corrected chi connectivity index (χ0v) is 8.77. The van der Waals surface area contributed by atoms with Gasteiger partial charge in [0.1, 0.15) is 10.4 Å². The van der Waals surface area contributed by atoms with Gasteiger partial charge in [-0.3, -0.25) is 0 Å². The highest BCUT2D eigenvalue weighted by Crippen LogP contribution is 2.19. The van der Waals surface area contributed by atoms with Gasteiger partial charge in [-0.1, -0.05) is 0 Å². The molecule has 6 heteroatoms. The number of hydrogen-bond donors (Lipinski definition) is 2. The van der Waals surface area contributed by atoms with E-state index >= 15 is 0 Å². The second-order valence-corrected chi connectivity index (χ2v) is 3.55. The van der Waals surface area contributed by atoms with Crippen molar-refractivity contribution in [2.75, 3.05) is 11.5 Å². The minimum Gasteiger partial charge on any atom is -0.394 e. The van der Waals surface area contributed by atoms with E-state index in [1.165, 1.54) is 6.20 Å². The lowest BCUT2D eigenvalue weighted by Gasteiger charge is -2.03. The average molecular weight is 254 g/mol. The van der Waals surface area contributed by atoms with Crippen molar-refractivity contribution in [3.8, 4) is 5.69 Å². The molecule has 14 heavy (non-hydrogen) atoms. The molecule has 2 heterocycles.